The van der Waals surface area contributed by atoms with Crippen molar-refractivity contribution in [2.45, 2.75) is 31.7 Å². The van der Waals surface area contributed by atoms with Gasteiger partial charge in [0.15, 0.2) is 0 Å². The summed E-state index contributed by atoms with van der Waals surface area (Å²) in [7, 11) is 3.27. The predicted molar refractivity (Wildman–Crippen MR) is 143 cm³/mol. The van der Waals surface area contributed by atoms with Crippen LogP contribution in [0, 0.1) is 6.92 Å². The predicted octanol–water partition coefficient (Wildman–Crippen LogP) is 6.49. The maximum atomic E-state index is 13.2. The van der Waals surface area contributed by atoms with E-state index in [0.717, 1.165) is 46.3 Å². The fraction of sp³-hybridized carbons (Fsp3) is 0.286. The minimum absolute atomic E-state index is 0. The number of carbonyl (C=O) groups is 2. The Bertz CT molecular complexity index is 1260. The van der Waals surface area contributed by atoms with E-state index in [-0.39, 0.29) is 19.8 Å². The van der Waals surface area contributed by atoms with Crippen LogP contribution in [0.25, 0.3) is 11.1 Å². The first-order chi connectivity index (χ1) is 16.7. The summed E-state index contributed by atoms with van der Waals surface area (Å²) in [6, 6.07) is 19.4. The number of carbonyl (C=O) groups excluding carboxylic acids is 2. The quantitative estimate of drug-likeness (QED) is 0.375. The van der Waals surface area contributed by atoms with E-state index in [1.165, 1.54) is 7.11 Å². The molecule has 35 heavy (non-hydrogen) atoms. The van der Waals surface area contributed by atoms with Gasteiger partial charge in [-0.25, -0.2) is 0 Å². The summed E-state index contributed by atoms with van der Waals surface area (Å²) in [5.41, 5.74) is 5.29. The fourth-order valence-corrected chi connectivity index (χ4v) is 4.51. The van der Waals surface area contributed by atoms with Crippen LogP contribution in [0.4, 0.5) is 5.69 Å². The molecular weight excluding hydrogens is 483 g/mol. The van der Waals surface area contributed by atoms with Crippen molar-refractivity contribution >= 4 is 40.7 Å². The summed E-state index contributed by atoms with van der Waals surface area (Å²) in [6.07, 6.45) is 1.55. The van der Waals surface area contributed by atoms with Gasteiger partial charge in [0.1, 0.15) is 6.61 Å². The zero-order chi connectivity index (χ0) is 25.2. The van der Waals surface area contributed by atoms with Crippen molar-refractivity contribution < 1.29 is 15.8 Å². The molecule has 184 valence electrons. The number of hydrogen-bond acceptors (Lipinski definition) is 3. The maximum Gasteiger partial charge on any atom is 0.248 e. The number of amides is 2. The molecule has 1 N–H and O–H groups in total. The number of anilines is 1. The lowest BCUT2D eigenvalue weighted by Gasteiger charge is -2.18. The monoisotopic (exact) mass is 512 g/mol. The molecule has 1 aliphatic carbocycles. The maximum absolute atomic E-state index is 13.2. The van der Waals surface area contributed by atoms with Crippen LogP contribution >= 0.6 is 23.2 Å². The molecule has 0 aliphatic heterocycles. The van der Waals surface area contributed by atoms with E-state index in [1.807, 2.05) is 55.5 Å². The van der Waals surface area contributed by atoms with Gasteiger partial charge < -0.3 is 15.0 Å². The lowest BCUT2D eigenvalue weighted by atomic mass is 9.94. The average Bonchev–Trinajstić information content (AvgIpc) is 3.65. The van der Waals surface area contributed by atoms with Crippen molar-refractivity contribution in [3.05, 3.63) is 87.4 Å². The minimum Gasteiger partial charge on any atom is -0.375 e. The second kappa shape index (κ2) is 10.4. The van der Waals surface area contributed by atoms with E-state index in [9.17, 15) is 9.59 Å². The molecule has 1 saturated carbocycles. The first kappa shape index (κ1) is 25.2. The van der Waals surface area contributed by atoms with E-state index in [1.54, 1.807) is 24.1 Å². The number of aryl methyl sites for hydroxylation is 1. The minimum atomic E-state index is -0.562. The molecule has 1 fully saturated rings. The Morgan fingerprint density at radius 2 is 1.74 bits per heavy atom. The van der Waals surface area contributed by atoms with Gasteiger partial charge in [-0.2, -0.15) is 0 Å². The van der Waals surface area contributed by atoms with Gasteiger partial charge in [0, 0.05) is 27.8 Å². The first-order valence-electron chi connectivity index (χ1n) is 11.4. The first-order valence-corrected chi connectivity index (χ1v) is 12.2. The standard InChI is InChI=1S/C28H28Cl2N2O3.H2/c1-18-4-10-22(31-27(34)28(12-13-28)21-9-11-24(29)25(30)14-21)15-23(18)20-7-5-19(6-8-20)16-32(2)26(33)17-35-3;/h4-11,14-15H,12-13,16-17H2,1-3H3,(H,31,34);1H. The summed E-state index contributed by atoms with van der Waals surface area (Å²) in [5.74, 6) is -0.102. The summed E-state index contributed by atoms with van der Waals surface area (Å²) < 4.78 is 4.92. The SMILES string of the molecule is COCC(=O)N(C)Cc1ccc(-c2cc(NC(=O)C3(c4ccc(Cl)c(Cl)c4)CC3)ccc2C)cc1.[HH]. The second-order valence-corrected chi connectivity index (χ2v) is 9.89. The number of rotatable bonds is 8. The lowest BCUT2D eigenvalue weighted by molar-refractivity contribution is -0.134. The van der Waals surface area contributed by atoms with Gasteiger partial charge >= 0.3 is 0 Å². The summed E-state index contributed by atoms with van der Waals surface area (Å²) in [5, 5.41) is 4.04. The van der Waals surface area contributed by atoms with Crippen molar-refractivity contribution in [3.8, 4) is 11.1 Å². The molecule has 0 atom stereocenters. The Labute approximate surface area is 217 Å². The Balaban J connectivity index is 0.00000361. The zero-order valence-electron chi connectivity index (χ0n) is 20.0. The van der Waals surface area contributed by atoms with Crippen LogP contribution in [0.2, 0.25) is 10.0 Å². The Kier molecular flexibility index (Phi) is 7.50. The van der Waals surface area contributed by atoms with E-state index in [2.05, 4.69) is 5.32 Å². The van der Waals surface area contributed by atoms with Gasteiger partial charge in [-0.3, -0.25) is 9.59 Å². The topological polar surface area (TPSA) is 58.6 Å². The number of nitrogens with one attached hydrogen (secondary N) is 1. The third-order valence-electron chi connectivity index (χ3n) is 6.53. The number of hydrogen-bond donors (Lipinski definition) is 1. The van der Waals surface area contributed by atoms with E-state index >= 15 is 0 Å². The van der Waals surface area contributed by atoms with Crippen molar-refractivity contribution in [2.24, 2.45) is 0 Å². The van der Waals surface area contributed by atoms with Crippen LogP contribution in [-0.2, 0) is 26.3 Å². The lowest BCUT2D eigenvalue weighted by Crippen LogP contribution is -2.29. The van der Waals surface area contributed by atoms with Crippen molar-refractivity contribution in [3.63, 3.8) is 0 Å². The number of methoxy groups -OCH3 is 1. The van der Waals surface area contributed by atoms with Crippen LogP contribution < -0.4 is 5.32 Å². The number of halogens is 2. The van der Waals surface area contributed by atoms with Crippen LogP contribution in [0.15, 0.2) is 60.7 Å². The average molecular weight is 513 g/mol. The van der Waals surface area contributed by atoms with E-state index < -0.39 is 5.41 Å². The Morgan fingerprint density at radius 1 is 1.03 bits per heavy atom. The molecule has 0 heterocycles. The summed E-state index contributed by atoms with van der Waals surface area (Å²) in [6.45, 7) is 2.62. The molecular formula is C28H30Cl2N2O3. The third-order valence-corrected chi connectivity index (χ3v) is 7.27. The van der Waals surface area contributed by atoms with Crippen molar-refractivity contribution in [1.29, 1.82) is 0 Å². The van der Waals surface area contributed by atoms with Crippen LogP contribution in [0.3, 0.4) is 0 Å². The van der Waals surface area contributed by atoms with Crippen molar-refractivity contribution in [2.75, 3.05) is 26.1 Å². The number of benzene rings is 3. The molecule has 0 unspecified atom stereocenters. The molecule has 0 spiro atoms. The Morgan fingerprint density at radius 3 is 2.37 bits per heavy atom. The fourth-order valence-electron chi connectivity index (χ4n) is 4.21. The normalized spacial score (nSPS) is 13.9. The second-order valence-electron chi connectivity index (χ2n) is 9.07. The van der Waals surface area contributed by atoms with Crippen molar-refractivity contribution in [1.82, 2.24) is 4.90 Å². The Hall–Kier alpha value is -2.86. The van der Waals surface area contributed by atoms with Gasteiger partial charge in [0.05, 0.1) is 15.5 Å². The number of likely N-dealkylation sites (N-methyl/N-ethyl adjacent to an activating group) is 1. The highest BCUT2D eigenvalue weighted by molar-refractivity contribution is 6.42. The molecule has 3 aromatic rings. The zero-order valence-corrected chi connectivity index (χ0v) is 21.5. The molecule has 2 amide bonds. The molecule has 5 nitrogen and oxygen atoms in total. The smallest absolute Gasteiger partial charge is 0.248 e. The van der Waals surface area contributed by atoms with Crippen LogP contribution in [-0.4, -0.2) is 37.5 Å². The van der Waals surface area contributed by atoms with Crippen LogP contribution in [0.1, 0.15) is 31.0 Å². The largest absolute Gasteiger partial charge is 0.375 e. The molecule has 0 bridgehead atoms. The molecule has 3 aromatic carbocycles. The molecule has 0 saturated heterocycles. The summed E-state index contributed by atoms with van der Waals surface area (Å²) in [4.78, 5) is 26.8. The van der Waals surface area contributed by atoms with Gasteiger partial charge in [0.25, 0.3) is 0 Å². The van der Waals surface area contributed by atoms with E-state index in [0.29, 0.717) is 16.6 Å². The molecule has 0 aromatic heterocycles. The highest BCUT2D eigenvalue weighted by Crippen LogP contribution is 2.50. The molecule has 4 rings (SSSR count). The molecule has 7 heteroatoms. The number of nitrogens with zero attached hydrogens (tertiary/aromatic N) is 1. The summed E-state index contributed by atoms with van der Waals surface area (Å²) >= 11 is 12.3. The van der Waals surface area contributed by atoms with E-state index in [4.69, 9.17) is 27.9 Å². The van der Waals surface area contributed by atoms with Gasteiger partial charge in [0.2, 0.25) is 11.8 Å². The molecule has 1 aliphatic rings. The highest BCUT2D eigenvalue weighted by atomic mass is 35.5. The van der Waals surface area contributed by atoms with Gasteiger partial charge in [-0.1, -0.05) is 59.6 Å². The number of ether oxygens (including phenoxy) is 1. The van der Waals surface area contributed by atoms with Gasteiger partial charge in [-0.15, -0.1) is 0 Å². The molecule has 0 radical (unpaired) electrons. The van der Waals surface area contributed by atoms with Gasteiger partial charge in [-0.05, 0) is 71.8 Å². The highest BCUT2D eigenvalue weighted by Gasteiger charge is 2.51. The third kappa shape index (κ3) is 5.53. The van der Waals surface area contributed by atoms with Crippen LogP contribution in [0.5, 0.6) is 0 Å².